The van der Waals surface area contributed by atoms with Crippen LogP contribution in [0.2, 0.25) is 0 Å². The summed E-state index contributed by atoms with van der Waals surface area (Å²) in [6.45, 7) is 2.91. The SMILES string of the molecule is CC(NC1CCC(=O)N(C)C1)c1nc2ccccc2n1C. The molecule has 2 atom stereocenters. The Kier molecular flexibility index (Phi) is 3.68. The Labute approximate surface area is 125 Å². The van der Waals surface area contributed by atoms with E-state index in [4.69, 9.17) is 4.98 Å². The van der Waals surface area contributed by atoms with Gasteiger partial charge in [-0.15, -0.1) is 0 Å². The largest absolute Gasteiger partial charge is 0.344 e. The molecule has 1 aliphatic rings. The summed E-state index contributed by atoms with van der Waals surface area (Å²) in [6.07, 6.45) is 1.53. The second-order valence-electron chi connectivity index (χ2n) is 5.92. The quantitative estimate of drug-likeness (QED) is 0.936. The van der Waals surface area contributed by atoms with E-state index in [0.717, 1.165) is 29.8 Å². The molecule has 0 radical (unpaired) electrons. The fourth-order valence-corrected chi connectivity index (χ4v) is 3.13. The molecule has 2 unspecified atom stereocenters. The number of likely N-dealkylation sites (N-methyl/N-ethyl adjacent to an activating group) is 1. The van der Waals surface area contributed by atoms with Crippen molar-refractivity contribution in [1.29, 1.82) is 0 Å². The molecule has 1 aromatic heterocycles. The molecular weight excluding hydrogens is 264 g/mol. The number of hydrogen-bond donors (Lipinski definition) is 1. The van der Waals surface area contributed by atoms with Crippen LogP contribution in [0.3, 0.4) is 0 Å². The molecule has 1 N–H and O–H groups in total. The first-order valence-corrected chi connectivity index (χ1v) is 7.47. The van der Waals surface area contributed by atoms with E-state index in [1.54, 1.807) is 0 Å². The van der Waals surface area contributed by atoms with E-state index in [9.17, 15) is 4.79 Å². The number of carbonyl (C=O) groups is 1. The molecule has 1 fully saturated rings. The molecule has 5 nitrogen and oxygen atoms in total. The van der Waals surface area contributed by atoms with Crippen molar-refractivity contribution in [2.75, 3.05) is 13.6 Å². The Bertz CT molecular complexity index is 663. The number of carbonyl (C=O) groups excluding carboxylic acids is 1. The van der Waals surface area contributed by atoms with Crippen molar-refractivity contribution in [3.63, 3.8) is 0 Å². The number of nitrogens with zero attached hydrogens (tertiary/aromatic N) is 3. The van der Waals surface area contributed by atoms with E-state index in [1.807, 2.05) is 30.1 Å². The van der Waals surface area contributed by atoms with Crippen LogP contribution < -0.4 is 5.32 Å². The zero-order valence-corrected chi connectivity index (χ0v) is 12.8. The van der Waals surface area contributed by atoms with Gasteiger partial charge in [0.1, 0.15) is 5.82 Å². The van der Waals surface area contributed by atoms with Crippen LogP contribution in [0.4, 0.5) is 0 Å². The average Bonchev–Trinajstić information content (AvgIpc) is 2.81. The molecule has 0 spiro atoms. The number of amides is 1. The van der Waals surface area contributed by atoms with Crippen LogP contribution in [0.5, 0.6) is 0 Å². The highest BCUT2D eigenvalue weighted by atomic mass is 16.2. The molecule has 2 aromatic rings. The summed E-state index contributed by atoms with van der Waals surface area (Å²) in [4.78, 5) is 18.1. The smallest absolute Gasteiger partial charge is 0.222 e. The molecule has 1 amide bonds. The van der Waals surface area contributed by atoms with E-state index in [0.29, 0.717) is 12.5 Å². The standard InChI is InChI=1S/C16H22N4O/c1-11(17-12-8-9-15(21)19(2)10-12)16-18-13-6-4-5-7-14(13)20(16)3/h4-7,11-12,17H,8-10H2,1-3H3. The first kappa shape index (κ1) is 14.1. The topological polar surface area (TPSA) is 50.2 Å². The van der Waals surface area contributed by atoms with Gasteiger partial charge in [-0.05, 0) is 25.5 Å². The van der Waals surface area contributed by atoms with Crippen molar-refractivity contribution in [1.82, 2.24) is 19.8 Å². The van der Waals surface area contributed by atoms with Gasteiger partial charge in [0.05, 0.1) is 17.1 Å². The summed E-state index contributed by atoms with van der Waals surface area (Å²) in [5.41, 5.74) is 2.18. The van der Waals surface area contributed by atoms with Crippen molar-refractivity contribution >= 4 is 16.9 Å². The van der Waals surface area contributed by atoms with Gasteiger partial charge in [0.25, 0.3) is 0 Å². The number of piperidine rings is 1. The van der Waals surface area contributed by atoms with Crippen molar-refractivity contribution in [2.45, 2.75) is 31.8 Å². The normalized spacial score (nSPS) is 21.0. The van der Waals surface area contributed by atoms with Crippen LogP contribution in [-0.4, -0.2) is 40.0 Å². The summed E-state index contributed by atoms with van der Waals surface area (Å²) in [5, 5.41) is 3.61. The number of hydrogen-bond acceptors (Lipinski definition) is 3. The van der Waals surface area contributed by atoms with E-state index in [2.05, 4.69) is 29.9 Å². The minimum Gasteiger partial charge on any atom is -0.344 e. The number of aryl methyl sites for hydroxylation is 1. The minimum absolute atomic E-state index is 0.161. The number of imidazole rings is 1. The highest BCUT2D eigenvalue weighted by Crippen LogP contribution is 2.21. The third-order valence-electron chi connectivity index (χ3n) is 4.32. The second kappa shape index (κ2) is 5.48. The summed E-state index contributed by atoms with van der Waals surface area (Å²) in [5.74, 6) is 1.28. The Morgan fingerprint density at radius 3 is 2.81 bits per heavy atom. The van der Waals surface area contributed by atoms with Gasteiger partial charge in [-0.2, -0.15) is 0 Å². The molecule has 1 aliphatic heterocycles. The lowest BCUT2D eigenvalue weighted by Crippen LogP contribution is -2.47. The lowest BCUT2D eigenvalue weighted by atomic mass is 10.0. The molecule has 112 valence electrons. The Morgan fingerprint density at radius 1 is 1.33 bits per heavy atom. The van der Waals surface area contributed by atoms with Crippen LogP contribution in [0.1, 0.15) is 31.6 Å². The van der Waals surface area contributed by atoms with E-state index in [-0.39, 0.29) is 11.9 Å². The monoisotopic (exact) mass is 286 g/mol. The lowest BCUT2D eigenvalue weighted by molar-refractivity contribution is -0.132. The molecular formula is C16H22N4O. The van der Waals surface area contributed by atoms with Gasteiger partial charge < -0.3 is 14.8 Å². The maximum absolute atomic E-state index is 11.5. The molecule has 5 heteroatoms. The molecule has 21 heavy (non-hydrogen) atoms. The molecule has 0 saturated carbocycles. The number of rotatable bonds is 3. The van der Waals surface area contributed by atoms with Gasteiger partial charge in [-0.25, -0.2) is 4.98 Å². The van der Waals surface area contributed by atoms with Crippen LogP contribution in [0.25, 0.3) is 11.0 Å². The number of para-hydroxylation sites is 2. The fraction of sp³-hybridized carbons (Fsp3) is 0.500. The first-order valence-electron chi connectivity index (χ1n) is 7.47. The lowest BCUT2D eigenvalue weighted by Gasteiger charge is -2.32. The van der Waals surface area contributed by atoms with E-state index < -0.39 is 0 Å². The second-order valence-corrected chi connectivity index (χ2v) is 5.92. The highest BCUT2D eigenvalue weighted by Gasteiger charge is 2.25. The Morgan fingerprint density at radius 2 is 2.10 bits per heavy atom. The zero-order valence-electron chi connectivity index (χ0n) is 12.8. The maximum atomic E-state index is 11.5. The van der Waals surface area contributed by atoms with Crippen molar-refractivity contribution in [3.8, 4) is 0 Å². The van der Waals surface area contributed by atoms with E-state index >= 15 is 0 Å². The maximum Gasteiger partial charge on any atom is 0.222 e. The van der Waals surface area contributed by atoms with Gasteiger partial charge in [-0.1, -0.05) is 12.1 Å². The van der Waals surface area contributed by atoms with Gasteiger partial charge in [0, 0.05) is 33.1 Å². The molecule has 3 rings (SSSR count). The predicted octanol–water partition coefficient (Wildman–Crippen LogP) is 1.84. The number of aromatic nitrogens is 2. The zero-order chi connectivity index (χ0) is 15.0. The molecule has 1 saturated heterocycles. The Balaban J connectivity index is 1.76. The number of fused-ring (bicyclic) bond motifs is 1. The molecule has 0 bridgehead atoms. The van der Waals surface area contributed by atoms with Crippen molar-refractivity contribution in [3.05, 3.63) is 30.1 Å². The minimum atomic E-state index is 0.161. The molecule has 2 heterocycles. The summed E-state index contributed by atoms with van der Waals surface area (Å²) in [6, 6.07) is 8.67. The van der Waals surface area contributed by atoms with Gasteiger partial charge in [-0.3, -0.25) is 4.79 Å². The number of nitrogens with one attached hydrogen (secondary N) is 1. The van der Waals surface area contributed by atoms with Crippen molar-refractivity contribution < 1.29 is 4.79 Å². The van der Waals surface area contributed by atoms with E-state index in [1.165, 1.54) is 0 Å². The highest BCUT2D eigenvalue weighted by molar-refractivity contribution is 5.77. The van der Waals surface area contributed by atoms with Gasteiger partial charge in [0.15, 0.2) is 0 Å². The first-order chi connectivity index (χ1) is 10.1. The van der Waals surface area contributed by atoms with Crippen LogP contribution in [0, 0.1) is 0 Å². The van der Waals surface area contributed by atoms with Crippen LogP contribution >= 0.6 is 0 Å². The average molecular weight is 286 g/mol. The predicted molar refractivity (Wildman–Crippen MR) is 82.9 cm³/mol. The van der Waals surface area contributed by atoms with Gasteiger partial charge >= 0.3 is 0 Å². The summed E-state index contributed by atoms with van der Waals surface area (Å²) in [7, 11) is 3.93. The summed E-state index contributed by atoms with van der Waals surface area (Å²) < 4.78 is 2.14. The molecule has 0 aliphatic carbocycles. The van der Waals surface area contributed by atoms with Crippen LogP contribution in [0.15, 0.2) is 24.3 Å². The number of benzene rings is 1. The third kappa shape index (κ3) is 2.65. The molecule has 1 aromatic carbocycles. The third-order valence-corrected chi connectivity index (χ3v) is 4.32. The fourth-order valence-electron chi connectivity index (χ4n) is 3.13. The summed E-state index contributed by atoms with van der Waals surface area (Å²) >= 11 is 0. The van der Waals surface area contributed by atoms with Crippen LogP contribution in [-0.2, 0) is 11.8 Å². The Hall–Kier alpha value is -1.88. The van der Waals surface area contributed by atoms with Gasteiger partial charge in [0.2, 0.25) is 5.91 Å². The van der Waals surface area contributed by atoms with Crippen molar-refractivity contribution in [2.24, 2.45) is 7.05 Å². The number of likely N-dealkylation sites (tertiary alicyclic amines) is 1.